The van der Waals surface area contributed by atoms with E-state index < -0.39 is 0 Å². The molecule has 0 unspecified atom stereocenters. The fourth-order valence-electron chi connectivity index (χ4n) is 3.53. The van der Waals surface area contributed by atoms with Gasteiger partial charge < -0.3 is 19.2 Å². The van der Waals surface area contributed by atoms with Gasteiger partial charge in [0.15, 0.2) is 0 Å². The Morgan fingerprint density at radius 3 is 2.75 bits per heavy atom. The van der Waals surface area contributed by atoms with Crippen LogP contribution in [-0.4, -0.2) is 42.7 Å². The van der Waals surface area contributed by atoms with Crippen LogP contribution in [-0.2, 0) is 11.2 Å². The van der Waals surface area contributed by atoms with Crippen molar-refractivity contribution in [1.29, 1.82) is 0 Å². The van der Waals surface area contributed by atoms with E-state index in [0.29, 0.717) is 12.3 Å². The number of benzene rings is 1. The maximum atomic E-state index is 12.6. The van der Waals surface area contributed by atoms with E-state index in [0.717, 1.165) is 48.0 Å². The van der Waals surface area contributed by atoms with Crippen molar-refractivity contribution in [2.45, 2.75) is 38.1 Å². The van der Waals surface area contributed by atoms with Crippen LogP contribution in [0.4, 0.5) is 0 Å². The number of carbonyl (C=O) groups is 1. The Labute approximate surface area is 142 Å². The van der Waals surface area contributed by atoms with Gasteiger partial charge in [-0.2, -0.15) is 0 Å². The van der Waals surface area contributed by atoms with Gasteiger partial charge in [-0.15, -0.1) is 0 Å². The van der Waals surface area contributed by atoms with Crippen LogP contribution < -0.4 is 4.74 Å². The predicted molar refractivity (Wildman–Crippen MR) is 92.1 cm³/mol. The summed E-state index contributed by atoms with van der Waals surface area (Å²) in [4.78, 5) is 14.5. The number of carbonyl (C=O) groups excluding carboxylic acids is 1. The molecule has 1 amide bonds. The topological polar surface area (TPSA) is 62.9 Å². The van der Waals surface area contributed by atoms with Crippen LogP contribution in [0.1, 0.15) is 31.2 Å². The Balaban J connectivity index is 1.66. The molecule has 24 heavy (non-hydrogen) atoms. The van der Waals surface area contributed by atoms with Crippen molar-refractivity contribution in [3.8, 4) is 5.75 Å². The molecule has 0 bridgehead atoms. The summed E-state index contributed by atoms with van der Waals surface area (Å²) in [6.07, 6.45) is 5.93. The standard InChI is InChI=1S/C19H25NO4/c1-20(15-5-3-13(11-21)4-6-15)19(22)9-14-12-24-18-10-16(23-2)7-8-17(14)18/h7-8,10,12-13,15,21H,3-6,9,11H2,1-2H3. The summed E-state index contributed by atoms with van der Waals surface area (Å²) < 4.78 is 10.8. The quantitative estimate of drug-likeness (QED) is 0.915. The molecule has 1 aromatic heterocycles. The second-order valence-corrected chi connectivity index (χ2v) is 6.66. The number of hydrogen-bond donors (Lipinski definition) is 1. The van der Waals surface area contributed by atoms with Gasteiger partial charge in [0, 0.05) is 36.7 Å². The summed E-state index contributed by atoms with van der Waals surface area (Å²) >= 11 is 0. The lowest BCUT2D eigenvalue weighted by Gasteiger charge is -2.34. The van der Waals surface area contributed by atoms with Crippen molar-refractivity contribution < 1.29 is 19.1 Å². The minimum atomic E-state index is 0.112. The lowest BCUT2D eigenvalue weighted by atomic mass is 9.86. The number of rotatable bonds is 5. The third kappa shape index (κ3) is 3.41. The maximum Gasteiger partial charge on any atom is 0.227 e. The zero-order valence-corrected chi connectivity index (χ0v) is 14.3. The van der Waals surface area contributed by atoms with Gasteiger partial charge in [-0.05, 0) is 43.7 Å². The zero-order chi connectivity index (χ0) is 17.1. The summed E-state index contributed by atoms with van der Waals surface area (Å²) in [5, 5.41) is 10.2. The molecular weight excluding hydrogens is 306 g/mol. The van der Waals surface area contributed by atoms with Crippen molar-refractivity contribution in [2.75, 3.05) is 20.8 Å². The number of likely N-dealkylation sites (N-methyl/N-ethyl adjacent to an activating group) is 1. The average molecular weight is 331 g/mol. The molecule has 1 aliphatic rings. The summed E-state index contributed by atoms with van der Waals surface area (Å²) in [6, 6.07) is 5.93. The molecule has 0 saturated heterocycles. The van der Waals surface area contributed by atoms with Crippen molar-refractivity contribution in [3.05, 3.63) is 30.0 Å². The monoisotopic (exact) mass is 331 g/mol. The Morgan fingerprint density at radius 2 is 2.08 bits per heavy atom. The van der Waals surface area contributed by atoms with Crippen LogP contribution in [0.15, 0.2) is 28.9 Å². The number of aliphatic hydroxyl groups is 1. The van der Waals surface area contributed by atoms with E-state index in [9.17, 15) is 9.90 Å². The second-order valence-electron chi connectivity index (χ2n) is 6.66. The van der Waals surface area contributed by atoms with E-state index >= 15 is 0 Å². The first kappa shape index (κ1) is 16.8. The highest BCUT2D eigenvalue weighted by Gasteiger charge is 2.26. The number of aliphatic hydroxyl groups excluding tert-OH is 1. The van der Waals surface area contributed by atoms with E-state index in [1.807, 2.05) is 30.1 Å². The largest absolute Gasteiger partial charge is 0.497 e. The molecule has 1 aliphatic carbocycles. The highest BCUT2D eigenvalue weighted by Crippen LogP contribution is 2.29. The van der Waals surface area contributed by atoms with Crippen LogP contribution in [0, 0.1) is 5.92 Å². The number of methoxy groups -OCH3 is 1. The normalized spacial score (nSPS) is 21.0. The minimum Gasteiger partial charge on any atom is -0.497 e. The van der Waals surface area contributed by atoms with Gasteiger partial charge in [-0.1, -0.05) is 0 Å². The molecule has 1 aromatic carbocycles. The van der Waals surface area contributed by atoms with Gasteiger partial charge in [0.1, 0.15) is 11.3 Å². The molecule has 5 nitrogen and oxygen atoms in total. The van der Waals surface area contributed by atoms with Gasteiger partial charge in [0.2, 0.25) is 5.91 Å². The smallest absolute Gasteiger partial charge is 0.227 e. The molecular formula is C19H25NO4. The molecule has 1 saturated carbocycles. The highest BCUT2D eigenvalue weighted by atomic mass is 16.5. The van der Waals surface area contributed by atoms with E-state index in [-0.39, 0.29) is 18.6 Å². The summed E-state index contributed by atoms with van der Waals surface area (Å²) in [7, 11) is 3.51. The maximum absolute atomic E-state index is 12.6. The van der Waals surface area contributed by atoms with E-state index in [1.54, 1.807) is 13.4 Å². The fourth-order valence-corrected chi connectivity index (χ4v) is 3.53. The van der Waals surface area contributed by atoms with Gasteiger partial charge in [-0.25, -0.2) is 0 Å². The fraction of sp³-hybridized carbons (Fsp3) is 0.526. The van der Waals surface area contributed by atoms with E-state index in [1.165, 1.54) is 0 Å². The molecule has 130 valence electrons. The molecule has 1 fully saturated rings. The SMILES string of the molecule is COc1ccc2c(CC(=O)N(C)C3CCC(CO)CC3)coc2c1. The van der Waals surface area contributed by atoms with Crippen molar-refractivity contribution in [1.82, 2.24) is 4.90 Å². The van der Waals surface area contributed by atoms with Gasteiger partial charge in [0.25, 0.3) is 0 Å². The van der Waals surface area contributed by atoms with Crippen LogP contribution >= 0.6 is 0 Å². The molecule has 0 spiro atoms. The van der Waals surface area contributed by atoms with Crippen molar-refractivity contribution in [3.63, 3.8) is 0 Å². The first-order chi connectivity index (χ1) is 11.6. The number of ether oxygens (including phenoxy) is 1. The Bertz CT molecular complexity index is 700. The van der Waals surface area contributed by atoms with Gasteiger partial charge >= 0.3 is 0 Å². The highest BCUT2D eigenvalue weighted by molar-refractivity contribution is 5.88. The molecule has 0 aliphatic heterocycles. The number of nitrogens with zero attached hydrogens (tertiary/aromatic N) is 1. The van der Waals surface area contributed by atoms with E-state index in [2.05, 4.69) is 0 Å². The Kier molecular flexibility index (Phi) is 5.09. The first-order valence-electron chi connectivity index (χ1n) is 8.53. The van der Waals surface area contributed by atoms with Crippen molar-refractivity contribution in [2.24, 2.45) is 5.92 Å². The lowest BCUT2D eigenvalue weighted by molar-refractivity contribution is -0.132. The minimum absolute atomic E-state index is 0.112. The molecule has 0 atom stereocenters. The summed E-state index contributed by atoms with van der Waals surface area (Å²) in [6.45, 7) is 0.259. The zero-order valence-electron chi connectivity index (χ0n) is 14.3. The van der Waals surface area contributed by atoms with Crippen LogP contribution in [0.3, 0.4) is 0 Å². The molecule has 2 aromatic rings. The number of fused-ring (bicyclic) bond motifs is 1. The average Bonchev–Trinajstić information content (AvgIpc) is 3.03. The third-order valence-electron chi connectivity index (χ3n) is 5.22. The molecule has 1 heterocycles. The molecule has 0 radical (unpaired) electrons. The molecule has 5 heteroatoms. The Morgan fingerprint density at radius 1 is 1.33 bits per heavy atom. The lowest BCUT2D eigenvalue weighted by Crippen LogP contribution is -2.40. The number of amides is 1. The molecule has 1 N–H and O–H groups in total. The van der Waals surface area contributed by atoms with Gasteiger partial charge in [-0.3, -0.25) is 4.79 Å². The third-order valence-corrected chi connectivity index (χ3v) is 5.22. The van der Waals surface area contributed by atoms with Gasteiger partial charge in [0.05, 0.1) is 19.8 Å². The number of hydrogen-bond acceptors (Lipinski definition) is 4. The van der Waals surface area contributed by atoms with Crippen LogP contribution in [0.2, 0.25) is 0 Å². The van der Waals surface area contributed by atoms with E-state index in [4.69, 9.17) is 9.15 Å². The van der Waals surface area contributed by atoms with Crippen LogP contribution in [0.25, 0.3) is 11.0 Å². The summed E-state index contributed by atoms with van der Waals surface area (Å²) in [5.74, 6) is 1.26. The van der Waals surface area contributed by atoms with Crippen LogP contribution in [0.5, 0.6) is 5.75 Å². The number of furan rings is 1. The molecule has 3 rings (SSSR count). The predicted octanol–water partition coefficient (Wildman–Crippen LogP) is 2.99. The Hall–Kier alpha value is -2.01. The summed E-state index contributed by atoms with van der Waals surface area (Å²) in [5.41, 5.74) is 1.65. The first-order valence-corrected chi connectivity index (χ1v) is 8.53. The van der Waals surface area contributed by atoms with Crippen molar-refractivity contribution >= 4 is 16.9 Å². The second kappa shape index (κ2) is 7.26.